The van der Waals surface area contributed by atoms with Crippen molar-refractivity contribution in [2.45, 2.75) is 20.3 Å². The fourth-order valence-corrected chi connectivity index (χ4v) is 1.09. The minimum absolute atomic E-state index is 0. The Kier molecular flexibility index (Phi) is 24.0. The van der Waals surface area contributed by atoms with Gasteiger partial charge in [-0.05, 0) is 17.9 Å². The second kappa shape index (κ2) is 13.9. The minimum Gasteiger partial charge on any atom is -0.358 e. The molecule has 1 rings (SSSR count). The fourth-order valence-electron chi connectivity index (χ4n) is 1.09. The van der Waals surface area contributed by atoms with Crippen LogP contribution in [0.2, 0.25) is 0 Å². The van der Waals surface area contributed by atoms with E-state index in [1.165, 1.54) is 12.0 Å². The Labute approximate surface area is 126 Å². The van der Waals surface area contributed by atoms with Crippen molar-refractivity contribution in [1.29, 1.82) is 0 Å². The van der Waals surface area contributed by atoms with E-state index < -0.39 is 0 Å². The average molecular weight is 453 g/mol. The van der Waals surface area contributed by atoms with E-state index >= 15 is 0 Å². The molecule has 0 nitrogen and oxygen atoms in total. The normalized spacial score (nSPS) is 7.36. The van der Waals surface area contributed by atoms with E-state index in [0.717, 1.165) is 5.92 Å². The van der Waals surface area contributed by atoms with Gasteiger partial charge < -0.3 is 14.9 Å². The summed E-state index contributed by atoms with van der Waals surface area (Å²) in [5.41, 5.74) is 1.44. The van der Waals surface area contributed by atoms with Crippen molar-refractivity contribution in [2.24, 2.45) is 5.92 Å². The summed E-state index contributed by atoms with van der Waals surface area (Å²) in [6.07, 6.45) is 1.20. The van der Waals surface area contributed by atoms with Crippen LogP contribution in [-0.4, -0.2) is 0 Å². The van der Waals surface area contributed by atoms with Gasteiger partial charge in [0.2, 0.25) is 0 Å². The molecule has 0 amide bonds. The Morgan fingerprint density at radius 1 is 1.00 bits per heavy atom. The summed E-state index contributed by atoms with van der Waals surface area (Å²) in [6, 6.07) is 10.6. The van der Waals surface area contributed by atoms with Gasteiger partial charge in [-0.15, -0.1) is 0 Å². The molecule has 0 spiro atoms. The van der Waals surface area contributed by atoms with E-state index in [1.54, 1.807) is 0 Å². The maximum absolute atomic E-state index is 2.24. The van der Waals surface area contributed by atoms with Gasteiger partial charge in [0.15, 0.2) is 0 Å². The summed E-state index contributed by atoms with van der Waals surface area (Å²) < 4.78 is 0. The number of benzene rings is 1. The monoisotopic (exact) mass is 453 g/mol. The molecule has 14 heavy (non-hydrogen) atoms. The molecule has 0 bridgehead atoms. The van der Waals surface area contributed by atoms with Gasteiger partial charge in [-0.25, -0.2) is 0 Å². The van der Waals surface area contributed by atoms with Gasteiger partial charge in [-0.3, -0.25) is 0 Å². The Morgan fingerprint density at radius 3 is 1.79 bits per heavy atom. The molecular formula is C12H20UV-2. The van der Waals surface area contributed by atoms with E-state index in [0.29, 0.717) is 0 Å². The molecule has 0 saturated carbocycles. The van der Waals surface area contributed by atoms with Crippen LogP contribution in [0.25, 0.3) is 0 Å². The molecule has 0 saturated heterocycles. The summed E-state index contributed by atoms with van der Waals surface area (Å²) in [4.78, 5) is 0. The summed E-state index contributed by atoms with van der Waals surface area (Å²) in [7, 11) is 0. The molecule has 1 radical (unpaired) electrons. The van der Waals surface area contributed by atoms with Crippen molar-refractivity contribution in [3.63, 3.8) is 0 Å². The molecule has 0 aromatic heterocycles. The van der Waals surface area contributed by atoms with E-state index in [4.69, 9.17) is 0 Å². The van der Waals surface area contributed by atoms with Gasteiger partial charge in [0.25, 0.3) is 0 Å². The maximum atomic E-state index is 2.24. The van der Waals surface area contributed by atoms with Crippen molar-refractivity contribution >= 4 is 0 Å². The van der Waals surface area contributed by atoms with Crippen molar-refractivity contribution in [1.82, 2.24) is 0 Å². The number of rotatable bonds is 2. The van der Waals surface area contributed by atoms with Crippen LogP contribution in [0.3, 0.4) is 0 Å². The molecule has 0 aliphatic carbocycles. The van der Waals surface area contributed by atoms with E-state index in [-0.39, 0.29) is 64.5 Å². The predicted molar refractivity (Wildman–Crippen MR) is 57.8 cm³/mol. The second-order valence-electron chi connectivity index (χ2n) is 3.08. The van der Waals surface area contributed by atoms with Gasteiger partial charge in [-0.1, -0.05) is 44.2 Å². The zero-order chi connectivity index (χ0) is 7.40. The SMILES string of the molecule is CC(C)Cc1ccccc1.[CH3-].[CH3-].[U].[V]. The fraction of sp³-hybridized carbons (Fsp3) is 0.333. The molecule has 79 valence electrons. The van der Waals surface area contributed by atoms with Crippen molar-refractivity contribution in [3.8, 4) is 0 Å². The molecule has 0 unspecified atom stereocenters. The third-order valence-electron chi connectivity index (χ3n) is 1.49. The standard InChI is InChI=1S/C10H14.2CH3.U.V/c1-9(2)8-10-6-4-3-5-7-10;;;;/h3-7,9H,8H2,1-2H3;2*1H3;;/q;2*-1;;. The van der Waals surface area contributed by atoms with Gasteiger partial charge in [-0.2, -0.15) is 0 Å². The average Bonchev–Trinajstić information content (AvgIpc) is 1.88. The Bertz CT molecular complexity index is 185. The summed E-state index contributed by atoms with van der Waals surface area (Å²) in [5.74, 6) is 0.766. The van der Waals surface area contributed by atoms with Gasteiger partial charge in [0.05, 0.1) is 0 Å². The quantitative estimate of drug-likeness (QED) is 0.599. The smallest absolute Gasteiger partial charge is 0 e. The van der Waals surface area contributed by atoms with E-state index in [2.05, 4.69) is 44.2 Å². The molecule has 0 aliphatic rings. The second-order valence-corrected chi connectivity index (χ2v) is 3.08. The number of hydrogen-bond donors (Lipinski definition) is 0. The molecule has 0 aliphatic heterocycles. The van der Waals surface area contributed by atoms with Crippen molar-refractivity contribution in [2.75, 3.05) is 0 Å². The molecular weight excluding hydrogens is 433 g/mol. The van der Waals surface area contributed by atoms with Crippen molar-refractivity contribution < 1.29 is 49.7 Å². The van der Waals surface area contributed by atoms with Gasteiger partial charge in [0, 0.05) is 49.7 Å². The maximum Gasteiger partial charge on any atom is 0 e. The van der Waals surface area contributed by atoms with Crippen LogP contribution in [0.5, 0.6) is 0 Å². The summed E-state index contributed by atoms with van der Waals surface area (Å²) >= 11 is 0. The van der Waals surface area contributed by atoms with Crippen LogP contribution in [-0.2, 0) is 25.0 Å². The predicted octanol–water partition coefficient (Wildman–Crippen LogP) is 3.78. The molecule has 0 atom stereocenters. The zero-order valence-corrected chi connectivity index (χ0v) is 15.2. The number of hydrogen-bond acceptors (Lipinski definition) is 0. The van der Waals surface area contributed by atoms with Gasteiger partial charge in [0.1, 0.15) is 0 Å². The summed E-state index contributed by atoms with van der Waals surface area (Å²) in [6.45, 7) is 4.49. The third-order valence-corrected chi connectivity index (χ3v) is 1.49. The summed E-state index contributed by atoms with van der Waals surface area (Å²) in [5, 5.41) is 0. The third kappa shape index (κ3) is 10.9. The first-order valence-electron chi connectivity index (χ1n) is 3.83. The van der Waals surface area contributed by atoms with Crippen LogP contribution in [0.4, 0.5) is 0 Å². The molecule has 2 heteroatoms. The van der Waals surface area contributed by atoms with Gasteiger partial charge >= 0.3 is 0 Å². The Hall–Kier alpha value is 0.856. The van der Waals surface area contributed by atoms with Crippen LogP contribution in [0.1, 0.15) is 19.4 Å². The van der Waals surface area contributed by atoms with Crippen LogP contribution >= 0.6 is 0 Å². The Balaban J connectivity index is -0.000000125. The topological polar surface area (TPSA) is 0 Å². The molecule has 0 N–H and O–H groups in total. The van der Waals surface area contributed by atoms with E-state index in [1.807, 2.05) is 0 Å². The molecule has 1 aromatic rings. The van der Waals surface area contributed by atoms with E-state index in [9.17, 15) is 0 Å². The molecule has 0 heterocycles. The minimum atomic E-state index is 0. The largest absolute Gasteiger partial charge is 0.358 e. The Morgan fingerprint density at radius 2 is 1.43 bits per heavy atom. The first-order chi connectivity index (χ1) is 4.79. The molecule has 0 fully saturated rings. The van der Waals surface area contributed by atoms with Crippen molar-refractivity contribution in [3.05, 3.63) is 50.7 Å². The zero-order valence-electron chi connectivity index (χ0n) is 9.62. The first-order valence-corrected chi connectivity index (χ1v) is 3.83. The molecule has 1 aromatic carbocycles. The van der Waals surface area contributed by atoms with Crippen LogP contribution < -0.4 is 0 Å². The first kappa shape index (κ1) is 24.2. The van der Waals surface area contributed by atoms with Crippen LogP contribution in [0, 0.1) is 51.9 Å². The van der Waals surface area contributed by atoms with Crippen LogP contribution in [0.15, 0.2) is 30.3 Å².